The van der Waals surface area contributed by atoms with Crippen LogP contribution < -0.4 is 5.73 Å². The van der Waals surface area contributed by atoms with Gasteiger partial charge in [-0.15, -0.1) is 0 Å². The molecule has 1 atom stereocenters. The summed E-state index contributed by atoms with van der Waals surface area (Å²) in [5.41, 5.74) is 9.34. The van der Waals surface area contributed by atoms with Crippen molar-refractivity contribution in [1.29, 1.82) is 10.8 Å². The standard InChI is InChI=1S/C16H18N4/c1-10-9-12(7-8-20-10)11(2)15(17)13-5-3-4-6-14(13)16(18)19/h3-9,11,17H,1-2H3,(H3,18,19). The van der Waals surface area contributed by atoms with Crippen molar-refractivity contribution in [1.82, 2.24) is 4.98 Å². The molecule has 4 nitrogen and oxygen atoms in total. The van der Waals surface area contributed by atoms with E-state index in [0.717, 1.165) is 11.3 Å². The number of hydrogen-bond donors (Lipinski definition) is 3. The summed E-state index contributed by atoms with van der Waals surface area (Å²) in [4.78, 5) is 4.18. The van der Waals surface area contributed by atoms with Gasteiger partial charge in [0.2, 0.25) is 0 Å². The molecule has 1 heterocycles. The minimum atomic E-state index is -0.0720. The predicted molar refractivity (Wildman–Crippen MR) is 81.7 cm³/mol. The molecule has 0 fully saturated rings. The first-order chi connectivity index (χ1) is 9.50. The lowest BCUT2D eigenvalue weighted by molar-refractivity contribution is 0.989. The first kappa shape index (κ1) is 13.9. The van der Waals surface area contributed by atoms with Gasteiger partial charge in [-0.1, -0.05) is 31.2 Å². The topological polar surface area (TPSA) is 86.6 Å². The van der Waals surface area contributed by atoms with E-state index in [-0.39, 0.29) is 11.8 Å². The highest BCUT2D eigenvalue weighted by molar-refractivity contribution is 6.11. The number of nitrogens with one attached hydrogen (secondary N) is 2. The van der Waals surface area contributed by atoms with Gasteiger partial charge in [0.1, 0.15) is 5.84 Å². The van der Waals surface area contributed by atoms with Gasteiger partial charge >= 0.3 is 0 Å². The molecule has 1 unspecified atom stereocenters. The van der Waals surface area contributed by atoms with E-state index in [1.807, 2.05) is 44.2 Å². The highest BCUT2D eigenvalue weighted by Gasteiger charge is 2.17. The van der Waals surface area contributed by atoms with Crippen LogP contribution in [0.3, 0.4) is 0 Å². The number of aryl methyl sites for hydroxylation is 1. The molecule has 0 bridgehead atoms. The zero-order valence-electron chi connectivity index (χ0n) is 11.6. The van der Waals surface area contributed by atoms with Crippen LogP contribution in [0.25, 0.3) is 0 Å². The fraction of sp³-hybridized carbons (Fsp3) is 0.188. The van der Waals surface area contributed by atoms with E-state index in [0.29, 0.717) is 16.8 Å². The zero-order valence-corrected chi connectivity index (χ0v) is 11.6. The normalized spacial score (nSPS) is 11.9. The second-order valence-corrected chi connectivity index (χ2v) is 4.83. The molecule has 1 aromatic carbocycles. The molecule has 0 radical (unpaired) electrons. The predicted octanol–water partition coefficient (Wildman–Crippen LogP) is 2.85. The molecular weight excluding hydrogens is 248 g/mol. The Hall–Kier alpha value is -2.49. The smallest absolute Gasteiger partial charge is 0.123 e. The van der Waals surface area contributed by atoms with E-state index in [9.17, 15) is 0 Å². The third-order valence-electron chi connectivity index (χ3n) is 3.36. The van der Waals surface area contributed by atoms with E-state index in [1.165, 1.54) is 0 Å². The molecule has 0 spiro atoms. The largest absolute Gasteiger partial charge is 0.384 e. The highest BCUT2D eigenvalue weighted by atomic mass is 14.7. The van der Waals surface area contributed by atoms with Gasteiger partial charge in [0.25, 0.3) is 0 Å². The molecule has 0 saturated carbocycles. The third kappa shape index (κ3) is 2.74. The van der Waals surface area contributed by atoms with E-state index in [4.69, 9.17) is 16.6 Å². The maximum Gasteiger partial charge on any atom is 0.123 e. The first-order valence-electron chi connectivity index (χ1n) is 6.45. The van der Waals surface area contributed by atoms with Gasteiger partial charge < -0.3 is 11.1 Å². The monoisotopic (exact) mass is 266 g/mol. The molecule has 4 N–H and O–H groups in total. The Morgan fingerprint density at radius 2 is 1.80 bits per heavy atom. The van der Waals surface area contributed by atoms with Gasteiger partial charge in [-0.2, -0.15) is 0 Å². The van der Waals surface area contributed by atoms with Crippen LogP contribution in [0.2, 0.25) is 0 Å². The SMILES string of the molecule is Cc1cc(C(C)C(=N)c2ccccc2C(=N)N)ccn1. The summed E-state index contributed by atoms with van der Waals surface area (Å²) in [6.07, 6.45) is 1.76. The second-order valence-electron chi connectivity index (χ2n) is 4.83. The van der Waals surface area contributed by atoms with Crippen LogP contribution in [-0.2, 0) is 0 Å². The maximum atomic E-state index is 8.41. The van der Waals surface area contributed by atoms with Crippen LogP contribution in [-0.4, -0.2) is 16.5 Å². The van der Waals surface area contributed by atoms with Crippen molar-refractivity contribution >= 4 is 11.5 Å². The summed E-state index contributed by atoms with van der Waals surface area (Å²) in [7, 11) is 0. The van der Waals surface area contributed by atoms with Crippen LogP contribution in [0.4, 0.5) is 0 Å². The van der Waals surface area contributed by atoms with Crippen LogP contribution in [0.5, 0.6) is 0 Å². The number of nitrogen functional groups attached to an aromatic ring is 1. The molecule has 2 aromatic rings. The molecule has 0 aliphatic rings. The molecule has 0 aliphatic carbocycles. The van der Waals surface area contributed by atoms with Crippen molar-refractivity contribution in [2.75, 3.05) is 0 Å². The summed E-state index contributed by atoms with van der Waals surface area (Å²) >= 11 is 0. The van der Waals surface area contributed by atoms with E-state index < -0.39 is 0 Å². The number of nitrogens with two attached hydrogens (primary N) is 1. The summed E-state index contributed by atoms with van der Waals surface area (Å²) < 4.78 is 0. The highest BCUT2D eigenvalue weighted by Crippen LogP contribution is 2.22. The van der Waals surface area contributed by atoms with Crippen molar-refractivity contribution in [2.45, 2.75) is 19.8 Å². The summed E-state index contributed by atoms with van der Waals surface area (Å²) in [5.74, 6) is -0.0827. The zero-order chi connectivity index (χ0) is 14.7. The average Bonchev–Trinajstić information content (AvgIpc) is 2.45. The summed E-state index contributed by atoms with van der Waals surface area (Å²) in [6.45, 7) is 3.91. The van der Waals surface area contributed by atoms with E-state index >= 15 is 0 Å². The first-order valence-corrected chi connectivity index (χ1v) is 6.45. The molecule has 0 saturated heterocycles. The van der Waals surface area contributed by atoms with Crippen LogP contribution in [0.15, 0.2) is 42.6 Å². The Morgan fingerprint density at radius 3 is 2.40 bits per heavy atom. The lowest BCUT2D eigenvalue weighted by Gasteiger charge is -2.16. The Kier molecular flexibility index (Phi) is 3.94. The Labute approximate surface area is 118 Å². The van der Waals surface area contributed by atoms with Gasteiger partial charge in [-0.25, -0.2) is 0 Å². The van der Waals surface area contributed by atoms with Gasteiger partial charge in [-0.05, 0) is 24.6 Å². The van der Waals surface area contributed by atoms with Crippen molar-refractivity contribution < 1.29 is 0 Å². The fourth-order valence-corrected chi connectivity index (χ4v) is 2.19. The van der Waals surface area contributed by atoms with E-state index in [1.54, 1.807) is 12.3 Å². The summed E-state index contributed by atoms with van der Waals surface area (Å²) in [6, 6.07) is 11.2. The molecule has 0 aliphatic heterocycles. The molecule has 102 valence electrons. The minimum absolute atomic E-state index is 0.0107. The average molecular weight is 266 g/mol. The van der Waals surface area contributed by atoms with Crippen LogP contribution in [0, 0.1) is 17.7 Å². The quantitative estimate of drug-likeness (QED) is 0.587. The van der Waals surface area contributed by atoms with Crippen molar-refractivity contribution in [3.63, 3.8) is 0 Å². The van der Waals surface area contributed by atoms with E-state index in [2.05, 4.69) is 4.98 Å². The molecule has 1 aromatic heterocycles. The van der Waals surface area contributed by atoms with Gasteiger partial charge in [0.05, 0.1) is 0 Å². The number of pyridine rings is 1. The second kappa shape index (κ2) is 5.65. The van der Waals surface area contributed by atoms with Gasteiger partial charge in [0.15, 0.2) is 0 Å². The molecule has 4 heteroatoms. The Bertz CT molecular complexity index is 661. The molecule has 20 heavy (non-hydrogen) atoms. The number of hydrogen-bond acceptors (Lipinski definition) is 3. The number of rotatable bonds is 4. The van der Waals surface area contributed by atoms with Gasteiger partial charge in [0, 0.05) is 34.6 Å². The molecular formula is C16H18N4. The Balaban J connectivity index is 2.39. The van der Waals surface area contributed by atoms with Crippen LogP contribution in [0.1, 0.15) is 35.2 Å². The minimum Gasteiger partial charge on any atom is -0.384 e. The lowest BCUT2D eigenvalue weighted by atomic mass is 9.89. The summed E-state index contributed by atoms with van der Waals surface area (Å²) in [5, 5.41) is 16.0. The van der Waals surface area contributed by atoms with Gasteiger partial charge in [-0.3, -0.25) is 10.4 Å². The van der Waals surface area contributed by atoms with Crippen LogP contribution >= 0.6 is 0 Å². The van der Waals surface area contributed by atoms with Crippen molar-refractivity contribution in [3.8, 4) is 0 Å². The van der Waals surface area contributed by atoms with Crippen molar-refractivity contribution in [3.05, 3.63) is 65.0 Å². The third-order valence-corrected chi connectivity index (χ3v) is 3.36. The number of amidine groups is 1. The molecule has 2 rings (SSSR count). The number of benzene rings is 1. The lowest BCUT2D eigenvalue weighted by Crippen LogP contribution is -2.19. The fourth-order valence-electron chi connectivity index (χ4n) is 2.19. The maximum absolute atomic E-state index is 8.41. The number of aromatic nitrogens is 1. The Morgan fingerprint density at radius 1 is 1.15 bits per heavy atom. The van der Waals surface area contributed by atoms with Crippen molar-refractivity contribution in [2.24, 2.45) is 5.73 Å². The molecule has 0 amide bonds. The number of nitrogens with zero attached hydrogens (tertiary/aromatic N) is 1.